The Labute approximate surface area is 193 Å². The number of aliphatic hydroxyl groups excluding tert-OH is 1. The van der Waals surface area contributed by atoms with Gasteiger partial charge in [-0.25, -0.2) is 9.97 Å². The molecule has 1 aromatic carbocycles. The van der Waals surface area contributed by atoms with Crippen LogP contribution >= 0.6 is 0 Å². The Hall–Kier alpha value is -3.86. The first-order valence-electron chi connectivity index (χ1n) is 10.3. The number of aromatic nitrogens is 2. The molecule has 34 heavy (non-hydrogen) atoms. The molecule has 178 valence electrons. The number of hydrogen-bond donors (Lipinski definition) is 2. The fourth-order valence-electron chi connectivity index (χ4n) is 3.58. The average Bonchev–Trinajstić information content (AvgIpc) is 3.25. The molecule has 11 heteroatoms. The van der Waals surface area contributed by atoms with Gasteiger partial charge >= 0.3 is 6.36 Å². The van der Waals surface area contributed by atoms with Crippen molar-refractivity contribution >= 4 is 17.4 Å². The zero-order valence-electron chi connectivity index (χ0n) is 18.0. The summed E-state index contributed by atoms with van der Waals surface area (Å²) < 4.78 is 45.9. The standard InChI is InChI=1S/C23H21F3N4O4/c1-33-20-7-2-14(11-27-20)19-10-15(12-28-21(19)30-9-8-17(31)13-30)22(32)29-16-3-5-18(6-4-16)34-23(24,25)26/h2-7,10-12,17,31H,8-9,13H2,1H3,(H,29,32). The van der Waals surface area contributed by atoms with Crippen molar-refractivity contribution in [1.29, 1.82) is 0 Å². The molecule has 4 rings (SSSR count). The topological polar surface area (TPSA) is 96.8 Å². The van der Waals surface area contributed by atoms with E-state index in [4.69, 9.17) is 4.74 Å². The van der Waals surface area contributed by atoms with Gasteiger partial charge in [-0.1, -0.05) is 0 Å². The van der Waals surface area contributed by atoms with Crippen molar-refractivity contribution in [2.45, 2.75) is 18.9 Å². The van der Waals surface area contributed by atoms with Crippen LogP contribution in [0, 0.1) is 0 Å². The Morgan fingerprint density at radius 1 is 1.15 bits per heavy atom. The summed E-state index contributed by atoms with van der Waals surface area (Å²) in [5.41, 5.74) is 1.88. The van der Waals surface area contributed by atoms with E-state index in [-0.39, 0.29) is 5.56 Å². The molecule has 2 aromatic heterocycles. The van der Waals surface area contributed by atoms with E-state index in [1.165, 1.54) is 25.4 Å². The summed E-state index contributed by atoms with van der Waals surface area (Å²) in [7, 11) is 1.51. The summed E-state index contributed by atoms with van der Waals surface area (Å²) in [5, 5.41) is 12.6. The third-order valence-corrected chi connectivity index (χ3v) is 5.19. The molecule has 1 aliphatic heterocycles. The number of carbonyl (C=O) groups is 1. The number of rotatable bonds is 6. The summed E-state index contributed by atoms with van der Waals surface area (Å²) in [6, 6.07) is 9.97. The minimum atomic E-state index is -4.80. The Morgan fingerprint density at radius 2 is 1.91 bits per heavy atom. The minimum Gasteiger partial charge on any atom is -0.481 e. The number of nitrogens with one attached hydrogen (secondary N) is 1. The van der Waals surface area contributed by atoms with Gasteiger partial charge in [0.25, 0.3) is 5.91 Å². The molecule has 1 unspecified atom stereocenters. The molecular formula is C23H21F3N4O4. The normalized spacial score (nSPS) is 15.8. The number of amides is 1. The maximum absolute atomic E-state index is 12.8. The van der Waals surface area contributed by atoms with Crippen LogP contribution in [0.1, 0.15) is 16.8 Å². The molecule has 3 heterocycles. The molecule has 1 aliphatic rings. The Kier molecular flexibility index (Phi) is 6.55. The molecule has 1 saturated heterocycles. The number of methoxy groups -OCH3 is 1. The van der Waals surface area contributed by atoms with Gasteiger partial charge in [0.1, 0.15) is 11.6 Å². The highest BCUT2D eigenvalue weighted by Gasteiger charge is 2.31. The molecule has 1 amide bonds. The monoisotopic (exact) mass is 474 g/mol. The molecule has 0 saturated carbocycles. The van der Waals surface area contributed by atoms with Gasteiger partial charge in [-0.05, 0) is 42.8 Å². The van der Waals surface area contributed by atoms with E-state index in [0.29, 0.717) is 48.0 Å². The average molecular weight is 474 g/mol. The van der Waals surface area contributed by atoms with Gasteiger partial charge in [0.15, 0.2) is 0 Å². The quantitative estimate of drug-likeness (QED) is 0.560. The lowest BCUT2D eigenvalue weighted by Crippen LogP contribution is -2.23. The maximum atomic E-state index is 12.8. The lowest BCUT2D eigenvalue weighted by molar-refractivity contribution is -0.274. The number of nitrogens with zero attached hydrogens (tertiary/aromatic N) is 3. The minimum absolute atomic E-state index is 0.241. The number of benzene rings is 1. The van der Waals surface area contributed by atoms with Gasteiger partial charge < -0.3 is 24.8 Å². The van der Waals surface area contributed by atoms with Crippen molar-refractivity contribution in [2.24, 2.45) is 0 Å². The SMILES string of the molecule is COc1ccc(-c2cc(C(=O)Nc3ccc(OC(F)(F)F)cc3)cnc2N2CCC(O)C2)cn1. The first-order chi connectivity index (χ1) is 16.2. The second-order valence-corrected chi connectivity index (χ2v) is 7.60. The summed E-state index contributed by atoms with van der Waals surface area (Å²) in [5.74, 6) is 0.154. The molecule has 0 aliphatic carbocycles. The lowest BCUT2D eigenvalue weighted by Gasteiger charge is -2.21. The van der Waals surface area contributed by atoms with Gasteiger partial charge in [-0.2, -0.15) is 0 Å². The third kappa shape index (κ3) is 5.54. The second kappa shape index (κ2) is 9.56. The first kappa shape index (κ1) is 23.3. The van der Waals surface area contributed by atoms with Crippen molar-refractivity contribution in [3.05, 3.63) is 60.4 Å². The van der Waals surface area contributed by atoms with E-state index in [0.717, 1.165) is 12.1 Å². The molecule has 0 bridgehead atoms. The van der Waals surface area contributed by atoms with Crippen LogP contribution in [0.5, 0.6) is 11.6 Å². The molecular weight excluding hydrogens is 453 g/mol. The van der Waals surface area contributed by atoms with Crippen LogP contribution in [0.3, 0.4) is 0 Å². The fraction of sp³-hybridized carbons (Fsp3) is 0.261. The third-order valence-electron chi connectivity index (χ3n) is 5.19. The number of pyridine rings is 2. The van der Waals surface area contributed by atoms with Crippen LogP contribution in [0.25, 0.3) is 11.1 Å². The van der Waals surface area contributed by atoms with Gasteiger partial charge in [-0.3, -0.25) is 4.79 Å². The van der Waals surface area contributed by atoms with Gasteiger partial charge in [-0.15, -0.1) is 13.2 Å². The smallest absolute Gasteiger partial charge is 0.481 e. The summed E-state index contributed by atoms with van der Waals surface area (Å²) >= 11 is 0. The van der Waals surface area contributed by atoms with E-state index in [2.05, 4.69) is 20.0 Å². The highest BCUT2D eigenvalue weighted by Crippen LogP contribution is 2.32. The number of hydrogen-bond acceptors (Lipinski definition) is 7. The van der Waals surface area contributed by atoms with Crippen molar-refractivity contribution in [3.63, 3.8) is 0 Å². The largest absolute Gasteiger partial charge is 0.573 e. The van der Waals surface area contributed by atoms with Gasteiger partial charge in [0, 0.05) is 48.4 Å². The summed E-state index contributed by atoms with van der Waals surface area (Å²) in [6.45, 7) is 1.03. The highest BCUT2D eigenvalue weighted by atomic mass is 19.4. The van der Waals surface area contributed by atoms with Crippen LogP contribution in [0.15, 0.2) is 54.9 Å². The molecule has 3 aromatic rings. The predicted octanol–water partition coefficient (Wildman–Crippen LogP) is 3.87. The zero-order valence-corrected chi connectivity index (χ0v) is 18.0. The maximum Gasteiger partial charge on any atom is 0.573 e. The molecule has 1 atom stereocenters. The number of carbonyl (C=O) groups excluding carboxylic acids is 1. The van der Waals surface area contributed by atoms with Crippen molar-refractivity contribution in [3.8, 4) is 22.8 Å². The molecule has 8 nitrogen and oxygen atoms in total. The van der Waals surface area contributed by atoms with Crippen molar-refractivity contribution in [2.75, 3.05) is 30.4 Å². The fourth-order valence-corrected chi connectivity index (χ4v) is 3.58. The Balaban J connectivity index is 1.59. The molecule has 2 N–H and O–H groups in total. The number of halogens is 3. The molecule has 0 radical (unpaired) electrons. The second-order valence-electron chi connectivity index (χ2n) is 7.60. The van der Waals surface area contributed by atoms with Crippen LogP contribution in [-0.2, 0) is 0 Å². The lowest BCUT2D eigenvalue weighted by atomic mass is 10.1. The molecule has 1 fully saturated rings. The Bertz CT molecular complexity index is 1150. The molecule has 0 spiro atoms. The van der Waals surface area contributed by atoms with E-state index in [9.17, 15) is 23.1 Å². The van der Waals surface area contributed by atoms with Crippen molar-refractivity contribution in [1.82, 2.24) is 9.97 Å². The number of β-amino-alcohol motifs (C(OH)–C–C–N with tert-alkyl or cyclic N) is 1. The number of ether oxygens (including phenoxy) is 2. The first-order valence-corrected chi connectivity index (χ1v) is 10.3. The van der Waals surface area contributed by atoms with E-state index in [1.807, 2.05) is 4.90 Å². The van der Waals surface area contributed by atoms with Crippen LogP contribution < -0.4 is 19.7 Å². The van der Waals surface area contributed by atoms with E-state index < -0.39 is 24.1 Å². The summed E-state index contributed by atoms with van der Waals surface area (Å²) in [6.07, 6.45) is -1.63. The number of anilines is 2. The van der Waals surface area contributed by atoms with E-state index >= 15 is 0 Å². The van der Waals surface area contributed by atoms with E-state index in [1.54, 1.807) is 24.4 Å². The number of alkyl halides is 3. The van der Waals surface area contributed by atoms with Crippen LogP contribution in [-0.4, -0.2) is 53.6 Å². The predicted molar refractivity (Wildman–Crippen MR) is 118 cm³/mol. The summed E-state index contributed by atoms with van der Waals surface area (Å²) in [4.78, 5) is 23.5. The van der Waals surface area contributed by atoms with Crippen LogP contribution in [0.2, 0.25) is 0 Å². The zero-order chi connectivity index (χ0) is 24.3. The van der Waals surface area contributed by atoms with Gasteiger partial charge in [0.05, 0.1) is 18.8 Å². The number of aliphatic hydroxyl groups is 1. The highest BCUT2D eigenvalue weighted by molar-refractivity contribution is 6.05. The van der Waals surface area contributed by atoms with Crippen LogP contribution in [0.4, 0.5) is 24.7 Å². The van der Waals surface area contributed by atoms with Gasteiger partial charge in [0.2, 0.25) is 5.88 Å². The Morgan fingerprint density at radius 3 is 2.50 bits per heavy atom. The van der Waals surface area contributed by atoms with Crippen molar-refractivity contribution < 1.29 is 32.5 Å².